The van der Waals surface area contributed by atoms with Gasteiger partial charge < -0.3 is 10.1 Å². The van der Waals surface area contributed by atoms with Crippen molar-refractivity contribution in [3.63, 3.8) is 0 Å². The van der Waals surface area contributed by atoms with E-state index in [0.717, 1.165) is 28.1 Å². The third kappa shape index (κ3) is 6.93. The molecule has 3 aromatic carbocycles. The second-order valence-corrected chi connectivity index (χ2v) is 8.57. The third-order valence-corrected chi connectivity index (χ3v) is 6.34. The highest BCUT2D eigenvalue weighted by molar-refractivity contribution is 14.0. The minimum absolute atomic E-state index is 0. The van der Waals surface area contributed by atoms with Crippen LogP contribution in [-0.2, 0) is 4.79 Å². The summed E-state index contributed by atoms with van der Waals surface area (Å²) in [5.41, 5.74) is 5.28. The first-order chi connectivity index (χ1) is 16.1. The number of rotatable bonds is 7. The van der Waals surface area contributed by atoms with Gasteiger partial charge in [-0.25, -0.2) is 0 Å². The van der Waals surface area contributed by atoms with Crippen molar-refractivity contribution in [2.75, 3.05) is 25.5 Å². The fourth-order valence-corrected chi connectivity index (χ4v) is 4.32. The molecule has 1 aliphatic rings. The summed E-state index contributed by atoms with van der Waals surface area (Å²) in [4.78, 5) is 15.0. The molecule has 1 fully saturated rings. The van der Waals surface area contributed by atoms with Crippen LogP contribution in [-0.4, -0.2) is 31.0 Å². The summed E-state index contributed by atoms with van der Waals surface area (Å²) in [6.07, 6.45) is 7.34. The van der Waals surface area contributed by atoms with Crippen LogP contribution in [0.25, 0.3) is 17.2 Å². The van der Waals surface area contributed by atoms with E-state index in [-0.39, 0.29) is 29.9 Å². The van der Waals surface area contributed by atoms with Crippen LogP contribution in [0.15, 0.2) is 78.9 Å². The molecule has 0 bridgehead atoms. The van der Waals surface area contributed by atoms with Gasteiger partial charge >= 0.3 is 0 Å². The zero-order chi connectivity index (χ0) is 23.0. The van der Waals surface area contributed by atoms with Crippen LogP contribution in [0, 0.1) is 0 Å². The van der Waals surface area contributed by atoms with Crippen LogP contribution < -0.4 is 10.1 Å². The molecule has 1 heterocycles. The van der Waals surface area contributed by atoms with Gasteiger partial charge in [0.15, 0.2) is 0 Å². The molecule has 34 heavy (non-hydrogen) atoms. The quantitative estimate of drug-likeness (QED) is 0.243. The Kier molecular flexibility index (Phi) is 9.72. The van der Waals surface area contributed by atoms with E-state index >= 15 is 0 Å². The van der Waals surface area contributed by atoms with E-state index in [1.807, 2.05) is 54.6 Å². The molecule has 5 heteroatoms. The topological polar surface area (TPSA) is 41.6 Å². The Balaban J connectivity index is 0.00000324. The summed E-state index contributed by atoms with van der Waals surface area (Å²) in [6, 6.07) is 24.7. The highest BCUT2D eigenvalue weighted by Gasteiger charge is 2.17. The van der Waals surface area contributed by atoms with E-state index in [2.05, 4.69) is 41.4 Å². The lowest BCUT2D eigenvalue weighted by Crippen LogP contribution is -2.32. The molecule has 0 spiro atoms. The Morgan fingerprint density at radius 3 is 2.32 bits per heavy atom. The SMILES string of the molecule is COc1ccc(-c2cccc(/C=C/C(=O)Nc3ccc(C(C)N4CCCCC4)cc3)c2)cc1.I. The first-order valence-electron chi connectivity index (χ1n) is 11.7. The van der Waals surface area contributed by atoms with Crippen LogP contribution >= 0.6 is 24.0 Å². The van der Waals surface area contributed by atoms with Crippen LogP contribution in [0.5, 0.6) is 5.75 Å². The molecule has 1 atom stereocenters. The summed E-state index contributed by atoms with van der Waals surface area (Å²) in [5, 5.41) is 2.96. The Hall–Kier alpha value is -2.64. The van der Waals surface area contributed by atoms with Crippen molar-refractivity contribution in [1.29, 1.82) is 0 Å². The molecule has 0 aromatic heterocycles. The van der Waals surface area contributed by atoms with Gasteiger partial charge in [-0.05, 0) is 91.5 Å². The maximum atomic E-state index is 12.5. The van der Waals surface area contributed by atoms with Gasteiger partial charge in [-0.2, -0.15) is 0 Å². The van der Waals surface area contributed by atoms with E-state index < -0.39 is 0 Å². The largest absolute Gasteiger partial charge is 0.497 e. The molecule has 0 aliphatic carbocycles. The molecule has 178 valence electrons. The number of piperidine rings is 1. The highest BCUT2D eigenvalue weighted by atomic mass is 127. The number of amides is 1. The normalized spacial score (nSPS) is 14.9. The summed E-state index contributed by atoms with van der Waals surface area (Å²) in [7, 11) is 1.66. The molecule has 3 aromatic rings. The zero-order valence-corrected chi connectivity index (χ0v) is 22.2. The molecular formula is C29H33IN2O2. The smallest absolute Gasteiger partial charge is 0.248 e. The second kappa shape index (κ2) is 12.7. The van der Waals surface area contributed by atoms with Crippen molar-refractivity contribution in [2.45, 2.75) is 32.2 Å². The molecule has 1 unspecified atom stereocenters. The minimum atomic E-state index is -0.137. The van der Waals surface area contributed by atoms with Crippen LogP contribution in [0.3, 0.4) is 0 Å². The number of hydrogen-bond acceptors (Lipinski definition) is 3. The fourth-order valence-electron chi connectivity index (χ4n) is 4.32. The maximum Gasteiger partial charge on any atom is 0.248 e. The van der Waals surface area contributed by atoms with Gasteiger partial charge in [0.2, 0.25) is 5.91 Å². The minimum Gasteiger partial charge on any atom is -0.497 e. The first kappa shape index (κ1) is 26.0. The molecule has 1 N–H and O–H groups in total. The summed E-state index contributed by atoms with van der Waals surface area (Å²) >= 11 is 0. The standard InChI is InChI=1S/C29H32N2O2.HI/c1-22(31-19-4-3-5-20-31)24-10-14-27(15-11-24)30-29(32)18-9-23-7-6-8-26(21-23)25-12-16-28(33-2)17-13-25;/h6-18,21-22H,3-5,19-20H2,1-2H3,(H,30,32);1H/b18-9+;. The van der Waals surface area contributed by atoms with Crippen LogP contribution in [0.4, 0.5) is 5.69 Å². The molecule has 4 rings (SSSR count). The number of hydrogen-bond donors (Lipinski definition) is 1. The van der Waals surface area contributed by atoms with Gasteiger partial charge in [0, 0.05) is 17.8 Å². The molecule has 0 radical (unpaired) electrons. The lowest BCUT2D eigenvalue weighted by atomic mass is 10.0. The first-order valence-corrected chi connectivity index (χ1v) is 11.7. The van der Waals surface area contributed by atoms with E-state index in [4.69, 9.17) is 4.74 Å². The third-order valence-electron chi connectivity index (χ3n) is 6.34. The summed E-state index contributed by atoms with van der Waals surface area (Å²) < 4.78 is 5.23. The van der Waals surface area contributed by atoms with Crippen molar-refractivity contribution in [3.8, 4) is 16.9 Å². The predicted molar refractivity (Wildman–Crippen MR) is 152 cm³/mol. The van der Waals surface area contributed by atoms with Crippen molar-refractivity contribution in [3.05, 3.63) is 90.0 Å². The highest BCUT2D eigenvalue weighted by Crippen LogP contribution is 2.26. The molecule has 1 amide bonds. The Bertz CT molecular complexity index is 1090. The van der Waals surface area contributed by atoms with Gasteiger partial charge in [0.05, 0.1) is 7.11 Å². The number of likely N-dealkylation sites (tertiary alicyclic amines) is 1. The Labute approximate surface area is 220 Å². The van der Waals surface area contributed by atoms with Gasteiger partial charge in [0.1, 0.15) is 5.75 Å². The van der Waals surface area contributed by atoms with Gasteiger partial charge in [-0.15, -0.1) is 24.0 Å². The van der Waals surface area contributed by atoms with Gasteiger partial charge in [-0.1, -0.05) is 48.9 Å². The number of carbonyl (C=O) groups is 1. The maximum absolute atomic E-state index is 12.5. The number of benzene rings is 3. The molecule has 1 aliphatic heterocycles. The molecule has 0 saturated carbocycles. The molecule has 1 saturated heterocycles. The number of nitrogens with zero attached hydrogens (tertiary/aromatic N) is 1. The molecule has 4 nitrogen and oxygen atoms in total. The summed E-state index contributed by atoms with van der Waals surface area (Å²) in [5.74, 6) is 0.696. The van der Waals surface area contributed by atoms with E-state index in [0.29, 0.717) is 6.04 Å². The number of methoxy groups -OCH3 is 1. The number of halogens is 1. The lowest BCUT2D eigenvalue weighted by Gasteiger charge is -2.32. The second-order valence-electron chi connectivity index (χ2n) is 8.57. The number of ether oxygens (including phenoxy) is 1. The van der Waals surface area contributed by atoms with E-state index in [1.54, 1.807) is 13.2 Å². The van der Waals surface area contributed by atoms with Gasteiger partial charge in [0.25, 0.3) is 0 Å². The van der Waals surface area contributed by atoms with Crippen LogP contribution in [0.1, 0.15) is 43.4 Å². The summed E-state index contributed by atoms with van der Waals surface area (Å²) in [6.45, 7) is 4.61. The zero-order valence-electron chi connectivity index (χ0n) is 19.9. The predicted octanol–water partition coefficient (Wildman–Crippen LogP) is 7.18. The van der Waals surface area contributed by atoms with Gasteiger partial charge in [-0.3, -0.25) is 9.69 Å². The van der Waals surface area contributed by atoms with Crippen molar-refractivity contribution in [2.24, 2.45) is 0 Å². The van der Waals surface area contributed by atoms with Crippen molar-refractivity contribution < 1.29 is 9.53 Å². The van der Waals surface area contributed by atoms with Crippen molar-refractivity contribution >= 4 is 41.6 Å². The molecular weight excluding hydrogens is 535 g/mol. The monoisotopic (exact) mass is 568 g/mol. The fraction of sp³-hybridized carbons (Fsp3) is 0.276. The van der Waals surface area contributed by atoms with E-state index in [9.17, 15) is 4.79 Å². The van der Waals surface area contributed by atoms with Crippen LogP contribution in [0.2, 0.25) is 0 Å². The number of carbonyl (C=O) groups excluding carboxylic acids is 1. The average Bonchev–Trinajstić information content (AvgIpc) is 2.88. The lowest BCUT2D eigenvalue weighted by molar-refractivity contribution is -0.111. The average molecular weight is 568 g/mol. The van der Waals surface area contributed by atoms with Crippen molar-refractivity contribution in [1.82, 2.24) is 4.90 Å². The Morgan fingerprint density at radius 2 is 1.65 bits per heavy atom. The number of nitrogens with one attached hydrogen (secondary N) is 1. The Morgan fingerprint density at radius 1 is 0.941 bits per heavy atom. The number of anilines is 1. The van der Waals surface area contributed by atoms with E-state index in [1.165, 1.54) is 37.9 Å².